The molecule has 21 heavy (non-hydrogen) atoms. The summed E-state index contributed by atoms with van der Waals surface area (Å²) < 4.78 is 6.09. The van der Waals surface area contributed by atoms with Gasteiger partial charge < -0.3 is 4.43 Å². The molecule has 0 heterocycles. The zero-order valence-electron chi connectivity index (χ0n) is 13.3. The molecule has 1 atom stereocenters. The van der Waals surface area contributed by atoms with Gasteiger partial charge in [-0.2, -0.15) is 5.26 Å². The van der Waals surface area contributed by atoms with Gasteiger partial charge in [0, 0.05) is 0 Å². The van der Waals surface area contributed by atoms with E-state index in [1.807, 2.05) is 6.92 Å². The fourth-order valence-corrected chi connectivity index (χ4v) is 4.19. The molecule has 2 aromatic carbocycles. The van der Waals surface area contributed by atoms with Crippen molar-refractivity contribution in [3.05, 3.63) is 48.0 Å². The number of benzene rings is 2. The van der Waals surface area contributed by atoms with E-state index < -0.39 is 13.9 Å². The van der Waals surface area contributed by atoms with Crippen molar-refractivity contribution < 1.29 is 4.43 Å². The Morgan fingerprint density at radius 1 is 1.10 bits per heavy atom. The molecule has 0 spiro atoms. The van der Waals surface area contributed by atoms with Crippen molar-refractivity contribution in [2.45, 2.75) is 45.0 Å². The fourth-order valence-electron chi connectivity index (χ4n) is 2.69. The first-order chi connectivity index (χ1) is 9.83. The van der Waals surface area contributed by atoms with Crippen molar-refractivity contribution in [3.8, 4) is 6.07 Å². The fraction of sp³-hybridized carbons (Fsp3) is 0.389. The third kappa shape index (κ3) is 4.17. The monoisotopic (exact) mass is 297 g/mol. The van der Waals surface area contributed by atoms with Gasteiger partial charge in [-0.25, -0.2) is 0 Å². The van der Waals surface area contributed by atoms with Gasteiger partial charge in [-0.3, -0.25) is 0 Å². The molecule has 3 heteroatoms. The zero-order valence-corrected chi connectivity index (χ0v) is 14.3. The predicted octanol–water partition coefficient (Wildman–Crippen LogP) is 4.91. The van der Waals surface area contributed by atoms with Gasteiger partial charge in [0.25, 0.3) is 0 Å². The van der Waals surface area contributed by atoms with Crippen LogP contribution < -0.4 is 0 Å². The van der Waals surface area contributed by atoms with Crippen LogP contribution in [0.2, 0.25) is 19.6 Å². The van der Waals surface area contributed by atoms with Gasteiger partial charge in [-0.05, 0) is 55.7 Å². The summed E-state index contributed by atoms with van der Waals surface area (Å²) in [6.45, 7) is 8.29. The van der Waals surface area contributed by atoms with E-state index in [4.69, 9.17) is 4.43 Å². The molecule has 0 N–H and O–H groups in total. The minimum absolute atomic E-state index is 0.693. The first kappa shape index (κ1) is 15.8. The van der Waals surface area contributed by atoms with Gasteiger partial charge in [0.2, 0.25) is 0 Å². The Kier molecular flexibility index (Phi) is 4.51. The van der Waals surface area contributed by atoms with Gasteiger partial charge in [-0.1, -0.05) is 42.5 Å². The van der Waals surface area contributed by atoms with E-state index in [0.717, 1.165) is 12.8 Å². The maximum Gasteiger partial charge on any atom is 0.185 e. The van der Waals surface area contributed by atoms with E-state index in [1.54, 1.807) is 0 Å². The largest absolute Gasteiger partial charge is 0.400 e. The summed E-state index contributed by atoms with van der Waals surface area (Å²) in [4.78, 5) is 0. The summed E-state index contributed by atoms with van der Waals surface area (Å²) in [5.74, 6) is 0. The number of hydrogen-bond acceptors (Lipinski definition) is 2. The van der Waals surface area contributed by atoms with Crippen LogP contribution >= 0.6 is 0 Å². The lowest BCUT2D eigenvalue weighted by Gasteiger charge is -2.30. The first-order valence-electron chi connectivity index (χ1n) is 7.41. The molecule has 2 aromatic rings. The Balaban J connectivity index is 2.19. The highest BCUT2D eigenvalue weighted by Gasteiger charge is 2.31. The van der Waals surface area contributed by atoms with Crippen LogP contribution in [0.25, 0.3) is 10.8 Å². The van der Waals surface area contributed by atoms with Crippen LogP contribution in [-0.2, 0) is 10.8 Å². The maximum absolute atomic E-state index is 9.49. The van der Waals surface area contributed by atoms with Gasteiger partial charge in [0.1, 0.15) is 5.60 Å². The van der Waals surface area contributed by atoms with Crippen molar-refractivity contribution in [3.63, 3.8) is 0 Å². The molecular weight excluding hydrogens is 274 g/mol. The van der Waals surface area contributed by atoms with Crippen molar-refractivity contribution in [2.24, 2.45) is 0 Å². The second-order valence-electron chi connectivity index (χ2n) is 6.70. The van der Waals surface area contributed by atoms with E-state index in [2.05, 4.69) is 68.2 Å². The molecule has 2 nitrogen and oxygen atoms in total. The molecule has 0 aliphatic carbocycles. The number of nitrogens with zero attached hydrogens (tertiary/aromatic N) is 1. The zero-order chi connectivity index (χ0) is 15.5. The third-order valence-electron chi connectivity index (χ3n) is 3.52. The Morgan fingerprint density at radius 2 is 1.76 bits per heavy atom. The summed E-state index contributed by atoms with van der Waals surface area (Å²) >= 11 is 0. The molecule has 0 fully saturated rings. The molecule has 0 aliphatic rings. The number of aryl methyl sites for hydroxylation is 1. The highest BCUT2D eigenvalue weighted by atomic mass is 28.4. The highest BCUT2D eigenvalue weighted by Crippen LogP contribution is 2.26. The van der Waals surface area contributed by atoms with Gasteiger partial charge in [-0.15, -0.1) is 0 Å². The molecular formula is C18H23NOSi. The highest BCUT2D eigenvalue weighted by molar-refractivity contribution is 6.69. The Morgan fingerprint density at radius 3 is 2.43 bits per heavy atom. The van der Waals surface area contributed by atoms with Crippen LogP contribution in [0.3, 0.4) is 0 Å². The Labute approximate surface area is 128 Å². The summed E-state index contributed by atoms with van der Waals surface area (Å²) in [6, 6.07) is 17.1. The Hall–Kier alpha value is -1.63. The second-order valence-corrected chi connectivity index (χ2v) is 11.1. The number of nitriles is 1. The van der Waals surface area contributed by atoms with E-state index in [-0.39, 0.29) is 0 Å². The van der Waals surface area contributed by atoms with Gasteiger partial charge in [0.05, 0.1) is 6.07 Å². The van der Waals surface area contributed by atoms with Crippen LogP contribution in [0.5, 0.6) is 0 Å². The van der Waals surface area contributed by atoms with Crippen LogP contribution in [0.15, 0.2) is 42.5 Å². The van der Waals surface area contributed by atoms with Crippen molar-refractivity contribution in [1.82, 2.24) is 0 Å². The first-order valence-corrected chi connectivity index (χ1v) is 10.8. The lowest BCUT2D eigenvalue weighted by Crippen LogP contribution is -2.39. The molecule has 0 amide bonds. The SMILES string of the molecule is C[C@@](C#N)(CCc1cccc2ccccc12)O[Si](C)(C)C. The molecule has 2 rings (SSSR count). The average molecular weight is 297 g/mol. The van der Waals surface area contributed by atoms with Gasteiger partial charge >= 0.3 is 0 Å². The van der Waals surface area contributed by atoms with Crippen molar-refractivity contribution >= 4 is 19.1 Å². The van der Waals surface area contributed by atoms with E-state index in [9.17, 15) is 5.26 Å². The minimum atomic E-state index is -1.73. The average Bonchev–Trinajstić information content (AvgIpc) is 2.43. The molecule has 0 aromatic heterocycles. The topological polar surface area (TPSA) is 33.0 Å². The molecule has 0 saturated heterocycles. The Bertz CT molecular complexity index is 663. The van der Waals surface area contributed by atoms with Crippen molar-refractivity contribution in [1.29, 1.82) is 5.26 Å². The summed E-state index contributed by atoms with van der Waals surface area (Å²) in [5.41, 5.74) is 0.593. The van der Waals surface area contributed by atoms with Gasteiger partial charge in [0.15, 0.2) is 8.32 Å². The molecule has 0 aliphatic heterocycles. The second kappa shape index (κ2) is 6.01. The van der Waals surface area contributed by atoms with Crippen LogP contribution in [0.1, 0.15) is 18.9 Å². The van der Waals surface area contributed by atoms with Crippen LogP contribution in [0.4, 0.5) is 0 Å². The smallest absolute Gasteiger partial charge is 0.185 e. The summed E-state index contributed by atoms with van der Waals surface area (Å²) in [5, 5.41) is 12.0. The third-order valence-corrected chi connectivity index (χ3v) is 4.58. The maximum atomic E-state index is 9.49. The van der Waals surface area contributed by atoms with Crippen LogP contribution in [-0.4, -0.2) is 13.9 Å². The van der Waals surface area contributed by atoms with E-state index in [0.29, 0.717) is 0 Å². The quantitative estimate of drug-likeness (QED) is 0.735. The minimum Gasteiger partial charge on any atom is -0.400 e. The predicted molar refractivity (Wildman–Crippen MR) is 90.7 cm³/mol. The lowest BCUT2D eigenvalue weighted by atomic mass is 9.95. The van der Waals surface area contributed by atoms with Crippen LogP contribution in [0, 0.1) is 11.3 Å². The number of rotatable bonds is 5. The normalized spacial score (nSPS) is 14.6. The standard InChI is InChI=1S/C18H23NOSi/c1-18(14-19,20-21(2,3)4)13-12-16-10-7-9-15-8-5-6-11-17(15)16/h5-11H,12-13H2,1-4H3/t18-/m0/s1. The molecule has 0 radical (unpaired) electrons. The van der Waals surface area contributed by atoms with Crippen molar-refractivity contribution in [2.75, 3.05) is 0 Å². The summed E-state index contributed by atoms with van der Waals surface area (Å²) in [6.07, 6.45) is 1.58. The molecule has 110 valence electrons. The summed E-state index contributed by atoms with van der Waals surface area (Å²) in [7, 11) is -1.73. The lowest BCUT2D eigenvalue weighted by molar-refractivity contribution is 0.130. The number of hydrogen-bond donors (Lipinski definition) is 0. The van der Waals surface area contributed by atoms with E-state index >= 15 is 0 Å². The molecule has 0 unspecified atom stereocenters. The molecule has 0 bridgehead atoms. The molecule has 0 saturated carbocycles. The van der Waals surface area contributed by atoms with E-state index in [1.165, 1.54) is 16.3 Å². The number of fused-ring (bicyclic) bond motifs is 1.